The highest BCUT2D eigenvalue weighted by atomic mass is 35.5. The summed E-state index contributed by atoms with van der Waals surface area (Å²) in [6, 6.07) is 4.77. The predicted molar refractivity (Wildman–Crippen MR) is 92.6 cm³/mol. The van der Waals surface area contributed by atoms with Gasteiger partial charge in [-0.1, -0.05) is 17.7 Å². The Morgan fingerprint density at radius 2 is 1.87 bits per heavy atom. The van der Waals surface area contributed by atoms with E-state index < -0.39 is 23.1 Å². The molecule has 0 heterocycles. The van der Waals surface area contributed by atoms with E-state index in [2.05, 4.69) is 5.32 Å². The molecule has 0 aliphatic carbocycles. The maximum Gasteiger partial charge on any atom is 0.410 e. The van der Waals surface area contributed by atoms with E-state index in [1.807, 2.05) is 41.5 Å². The highest BCUT2D eigenvalue weighted by Crippen LogP contribution is 2.22. The van der Waals surface area contributed by atoms with Crippen molar-refractivity contribution in [3.8, 4) is 0 Å². The molecule has 0 aliphatic heterocycles. The first-order chi connectivity index (χ1) is 10.4. The minimum atomic E-state index is -0.562. The van der Waals surface area contributed by atoms with Gasteiger partial charge in [0.15, 0.2) is 5.82 Å². The minimum absolute atomic E-state index is 0.0646. The van der Waals surface area contributed by atoms with Crippen molar-refractivity contribution in [2.24, 2.45) is 0 Å². The highest BCUT2D eigenvalue weighted by Gasteiger charge is 2.30. The summed E-state index contributed by atoms with van der Waals surface area (Å²) in [5.74, 6) is -0.492. The number of amides is 1. The number of hydrogen-bond donors (Lipinski definition) is 1. The van der Waals surface area contributed by atoms with Gasteiger partial charge in [-0.25, -0.2) is 9.18 Å². The average molecular weight is 345 g/mol. The zero-order valence-corrected chi connectivity index (χ0v) is 15.4. The van der Waals surface area contributed by atoms with Crippen LogP contribution in [-0.2, 0) is 4.74 Å². The van der Waals surface area contributed by atoms with Crippen LogP contribution in [0.4, 0.5) is 14.9 Å². The summed E-state index contributed by atoms with van der Waals surface area (Å²) in [5.41, 5.74) is -0.653. The van der Waals surface area contributed by atoms with Crippen LogP contribution >= 0.6 is 11.6 Å². The molecule has 0 unspecified atom stereocenters. The van der Waals surface area contributed by atoms with E-state index >= 15 is 0 Å². The Labute approximate surface area is 142 Å². The molecule has 0 atom stereocenters. The number of benzene rings is 1. The number of rotatable bonds is 4. The molecule has 0 spiro atoms. The molecule has 6 heteroatoms. The smallest absolute Gasteiger partial charge is 0.410 e. The maximum atomic E-state index is 13.8. The Bertz CT molecular complexity index is 551. The molecule has 1 N–H and O–H groups in total. The van der Waals surface area contributed by atoms with Crippen molar-refractivity contribution in [1.29, 1.82) is 0 Å². The molecule has 0 bridgehead atoms. The lowest BCUT2D eigenvalue weighted by Crippen LogP contribution is -2.49. The third-order valence-corrected chi connectivity index (χ3v) is 3.32. The van der Waals surface area contributed by atoms with Crippen LogP contribution in [0.1, 0.15) is 41.5 Å². The maximum absolute atomic E-state index is 13.8. The Kier molecular flexibility index (Phi) is 6.28. The number of ether oxygens (including phenoxy) is 1. The van der Waals surface area contributed by atoms with E-state index in [0.717, 1.165) is 0 Å². The Morgan fingerprint density at radius 1 is 1.26 bits per heavy atom. The monoisotopic (exact) mass is 344 g/mol. The van der Waals surface area contributed by atoms with Crippen molar-refractivity contribution in [2.45, 2.75) is 52.7 Å². The molecule has 1 aromatic carbocycles. The van der Waals surface area contributed by atoms with Crippen LogP contribution in [0, 0.1) is 5.82 Å². The van der Waals surface area contributed by atoms with Gasteiger partial charge in [0.1, 0.15) is 5.60 Å². The van der Waals surface area contributed by atoms with Crippen LogP contribution in [0.5, 0.6) is 0 Å². The largest absolute Gasteiger partial charge is 0.444 e. The van der Waals surface area contributed by atoms with Gasteiger partial charge in [0, 0.05) is 18.6 Å². The topological polar surface area (TPSA) is 41.6 Å². The summed E-state index contributed by atoms with van der Waals surface area (Å²) in [5, 5.41) is 3.03. The highest BCUT2D eigenvalue weighted by molar-refractivity contribution is 6.31. The molecule has 130 valence electrons. The lowest BCUT2D eigenvalue weighted by atomic mass is 10.1. The number of halogens is 2. The summed E-state index contributed by atoms with van der Waals surface area (Å²) in [6.45, 7) is 12.0. The number of hydrogen-bond acceptors (Lipinski definition) is 3. The SMILES string of the molecule is CC(C)(C)OC(=O)N(CCNc1cccc(Cl)c1F)C(C)(C)C. The number of carbonyl (C=O) groups excluding carboxylic acids is 1. The first-order valence-corrected chi connectivity index (χ1v) is 7.98. The van der Waals surface area contributed by atoms with Gasteiger partial charge < -0.3 is 15.0 Å². The van der Waals surface area contributed by atoms with Crippen molar-refractivity contribution >= 4 is 23.4 Å². The summed E-state index contributed by atoms with van der Waals surface area (Å²) < 4.78 is 19.3. The molecule has 0 fully saturated rings. The van der Waals surface area contributed by atoms with E-state index in [-0.39, 0.29) is 5.02 Å². The zero-order chi connectivity index (χ0) is 17.8. The summed E-state index contributed by atoms with van der Waals surface area (Å²) in [6.07, 6.45) is -0.390. The summed E-state index contributed by atoms with van der Waals surface area (Å²) in [4.78, 5) is 14.0. The standard InChI is InChI=1S/C17H26ClFN2O2/c1-16(2,3)21(15(22)23-17(4,5)6)11-10-20-13-9-7-8-12(18)14(13)19/h7-9,20H,10-11H2,1-6H3. The van der Waals surface area contributed by atoms with Crippen molar-refractivity contribution < 1.29 is 13.9 Å². The van der Waals surface area contributed by atoms with Crippen molar-refractivity contribution in [2.75, 3.05) is 18.4 Å². The van der Waals surface area contributed by atoms with E-state index in [9.17, 15) is 9.18 Å². The molecule has 0 aliphatic rings. The van der Waals surface area contributed by atoms with Gasteiger partial charge in [-0.15, -0.1) is 0 Å². The van der Waals surface area contributed by atoms with Crippen LogP contribution in [0.15, 0.2) is 18.2 Å². The first kappa shape index (κ1) is 19.6. The van der Waals surface area contributed by atoms with Crippen LogP contribution in [0.25, 0.3) is 0 Å². The molecule has 23 heavy (non-hydrogen) atoms. The fourth-order valence-corrected chi connectivity index (χ4v) is 2.13. The summed E-state index contributed by atoms with van der Waals surface area (Å²) in [7, 11) is 0. The predicted octanol–water partition coefficient (Wildman–Crippen LogP) is 4.93. The molecule has 1 amide bonds. The second-order valence-electron chi connectivity index (χ2n) is 7.33. The molecule has 0 saturated carbocycles. The minimum Gasteiger partial charge on any atom is -0.444 e. The van der Waals surface area contributed by atoms with Crippen LogP contribution in [-0.4, -0.2) is 35.2 Å². The Hall–Kier alpha value is -1.49. The van der Waals surface area contributed by atoms with Crippen molar-refractivity contribution in [3.05, 3.63) is 29.0 Å². The number of anilines is 1. The average Bonchev–Trinajstić information content (AvgIpc) is 2.35. The quantitative estimate of drug-likeness (QED) is 0.842. The first-order valence-electron chi connectivity index (χ1n) is 7.60. The third kappa shape index (κ3) is 6.26. The van der Waals surface area contributed by atoms with E-state index in [1.165, 1.54) is 6.07 Å². The Balaban J connectivity index is 2.72. The molecule has 0 saturated heterocycles. The second-order valence-corrected chi connectivity index (χ2v) is 7.74. The third-order valence-electron chi connectivity index (χ3n) is 3.03. The van der Waals surface area contributed by atoms with E-state index in [1.54, 1.807) is 17.0 Å². The van der Waals surface area contributed by atoms with Gasteiger partial charge in [0.05, 0.1) is 10.7 Å². The van der Waals surface area contributed by atoms with Gasteiger partial charge in [-0.2, -0.15) is 0 Å². The zero-order valence-electron chi connectivity index (χ0n) is 14.7. The molecular weight excluding hydrogens is 319 g/mol. The van der Waals surface area contributed by atoms with Gasteiger partial charge in [-0.3, -0.25) is 0 Å². The van der Waals surface area contributed by atoms with Crippen LogP contribution < -0.4 is 5.32 Å². The fourth-order valence-electron chi connectivity index (χ4n) is 1.96. The second kappa shape index (κ2) is 7.39. The normalized spacial score (nSPS) is 12.0. The Morgan fingerprint density at radius 3 is 2.39 bits per heavy atom. The van der Waals surface area contributed by atoms with Gasteiger partial charge in [0.2, 0.25) is 0 Å². The lowest BCUT2D eigenvalue weighted by Gasteiger charge is -2.37. The van der Waals surface area contributed by atoms with Crippen LogP contribution in [0.3, 0.4) is 0 Å². The van der Waals surface area contributed by atoms with Crippen molar-refractivity contribution in [3.63, 3.8) is 0 Å². The van der Waals surface area contributed by atoms with Gasteiger partial charge in [0.25, 0.3) is 0 Å². The molecule has 0 aromatic heterocycles. The molecule has 1 aromatic rings. The fraction of sp³-hybridized carbons (Fsp3) is 0.588. The molecule has 1 rings (SSSR count). The molecule has 4 nitrogen and oxygen atoms in total. The lowest BCUT2D eigenvalue weighted by molar-refractivity contribution is 0.00749. The van der Waals surface area contributed by atoms with E-state index in [4.69, 9.17) is 16.3 Å². The van der Waals surface area contributed by atoms with Gasteiger partial charge >= 0.3 is 6.09 Å². The number of nitrogens with one attached hydrogen (secondary N) is 1. The number of nitrogens with zero attached hydrogens (tertiary/aromatic N) is 1. The molecular formula is C17H26ClFN2O2. The van der Waals surface area contributed by atoms with Gasteiger partial charge in [-0.05, 0) is 53.7 Å². The van der Waals surface area contributed by atoms with Crippen LogP contribution in [0.2, 0.25) is 5.02 Å². The number of carbonyl (C=O) groups is 1. The van der Waals surface area contributed by atoms with E-state index in [0.29, 0.717) is 18.8 Å². The summed E-state index contributed by atoms with van der Waals surface area (Å²) >= 11 is 5.75. The molecule has 0 radical (unpaired) electrons. The van der Waals surface area contributed by atoms with Crippen molar-refractivity contribution in [1.82, 2.24) is 4.90 Å².